The third-order valence-electron chi connectivity index (χ3n) is 16.9. The molecule has 0 aromatic carbocycles. The molecule has 548 valence electrons. The van der Waals surface area contributed by atoms with Crippen LogP contribution >= 0.6 is 15.6 Å². The number of allylic oxidation sites excluding steroid dienone is 4. The molecule has 0 spiro atoms. The number of esters is 4. The maximum atomic E-state index is 13.1. The van der Waals surface area contributed by atoms with Crippen molar-refractivity contribution in [3.8, 4) is 0 Å². The molecule has 0 saturated carbocycles. The van der Waals surface area contributed by atoms with Crippen molar-refractivity contribution in [1.82, 2.24) is 0 Å². The van der Waals surface area contributed by atoms with Crippen molar-refractivity contribution < 1.29 is 80.2 Å². The summed E-state index contributed by atoms with van der Waals surface area (Å²) in [5, 5.41) is 10.6. The molecule has 0 aliphatic heterocycles. The molecule has 0 aliphatic carbocycles. The van der Waals surface area contributed by atoms with Gasteiger partial charge in [0, 0.05) is 25.7 Å². The fourth-order valence-corrected chi connectivity index (χ4v) is 12.3. The lowest BCUT2D eigenvalue weighted by Crippen LogP contribution is -2.30. The lowest BCUT2D eigenvalue weighted by atomic mass is 10.00. The molecule has 93 heavy (non-hydrogen) atoms. The van der Waals surface area contributed by atoms with Gasteiger partial charge in [-0.3, -0.25) is 37.3 Å². The van der Waals surface area contributed by atoms with E-state index >= 15 is 0 Å². The number of unbranched alkanes of at least 4 members (excludes halogenated alkanes) is 34. The van der Waals surface area contributed by atoms with Gasteiger partial charge in [0.25, 0.3) is 0 Å². The zero-order chi connectivity index (χ0) is 68.7. The largest absolute Gasteiger partial charge is 0.472 e. The number of aliphatic hydroxyl groups is 1. The summed E-state index contributed by atoms with van der Waals surface area (Å²) in [4.78, 5) is 72.6. The van der Waals surface area contributed by atoms with Crippen molar-refractivity contribution in [3.63, 3.8) is 0 Å². The number of aliphatic hydroxyl groups excluding tert-OH is 1. The van der Waals surface area contributed by atoms with E-state index in [1.54, 1.807) is 0 Å². The van der Waals surface area contributed by atoms with Crippen molar-refractivity contribution in [2.75, 3.05) is 39.6 Å². The molecule has 17 nitrogen and oxygen atoms in total. The molecule has 0 aliphatic rings. The summed E-state index contributed by atoms with van der Waals surface area (Å²) in [6, 6.07) is 0. The molecule has 0 aromatic heterocycles. The fraction of sp³-hybridized carbons (Fsp3) is 0.892. The van der Waals surface area contributed by atoms with Gasteiger partial charge in [-0.1, -0.05) is 297 Å². The maximum absolute atomic E-state index is 13.1. The van der Waals surface area contributed by atoms with Crippen LogP contribution in [0.25, 0.3) is 0 Å². The zero-order valence-corrected chi connectivity index (χ0v) is 62.0. The summed E-state index contributed by atoms with van der Waals surface area (Å²) in [7, 11) is -9.92. The molecule has 0 fully saturated rings. The van der Waals surface area contributed by atoms with Crippen molar-refractivity contribution in [2.45, 2.75) is 369 Å². The third kappa shape index (κ3) is 66.6. The van der Waals surface area contributed by atoms with E-state index < -0.39 is 97.5 Å². The highest BCUT2D eigenvalue weighted by atomic mass is 31.2. The average molecular weight is 1360 g/mol. The summed E-state index contributed by atoms with van der Waals surface area (Å²) in [5.74, 6) is 0.0688. The van der Waals surface area contributed by atoms with Gasteiger partial charge >= 0.3 is 39.5 Å². The number of carbonyl (C=O) groups excluding carboxylic acids is 4. The summed E-state index contributed by atoms with van der Waals surface area (Å²) < 4.78 is 68.3. The minimum atomic E-state index is -4.96. The molecule has 0 amide bonds. The van der Waals surface area contributed by atoms with E-state index in [9.17, 15) is 43.2 Å². The quantitative estimate of drug-likeness (QED) is 0.0169. The average Bonchev–Trinajstić information content (AvgIpc) is 3.30. The van der Waals surface area contributed by atoms with Crippen LogP contribution in [0.4, 0.5) is 0 Å². The minimum absolute atomic E-state index is 0.100. The van der Waals surface area contributed by atoms with Gasteiger partial charge in [0.2, 0.25) is 0 Å². The lowest BCUT2D eigenvalue weighted by molar-refractivity contribution is -0.161. The van der Waals surface area contributed by atoms with E-state index in [1.807, 2.05) is 0 Å². The Bertz CT molecular complexity index is 1910. The molecule has 0 bridgehead atoms. The number of phosphoric acid groups is 2. The van der Waals surface area contributed by atoms with Gasteiger partial charge in [-0.2, -0.15) is 0 Å². The van der Waals surface area contributed by atoms with Crippen LogP contribution in [-0.4, -0.2) is 96.7 Å². The Morgan fingerprint density at radius 2 is 0.634 bits per heavy atom. The van der Waals surface area contributed by atoms with E-state index in [0.717, 1.165) is 127 Å². The molecular weight excluding hydrogens is 1220 g/mol. The van der Waals surface area contributed by atoms with Crippen molar-refractivity contribution in [2.24, 2.45) is 17.8 Å². The molecule has 3 unspecified atom stereocenters. The molecule has 0 aromatic rings. The Morgan fingerprint density at radius 1 is 0.355 bits per heavy atom. The SMILES string of the molecule is CCCCCC/C=C\C=C/CCCCCCCC(=O)OC[C@H](COP(=O)(O)OC[C@@H](O)COP(=O)(O)OC[C@@H](COC(=O)CCCCCCCCC(C)CC)OC(=O)CCCCCCCCCC(C)C)OC(=O)CCCCCCCCCCCCCCCCCC(C)C. The first kappa shape index (κ1) is 90.5. The molecule has 19 heteroatoms. The monoisotopic (exact) mass is 1360 g/mol. The highest BCUT2D eigenvalue weighted by molar-refractivity contribution is 7.47. The molecule has 0 heterocycles. The van der Waals surface area contributed by atoms with E-state index in [4.69, 9.17) is 37.0 Å². The summed E-state index contributed by atoms with van der Waals surface area (Å²) in [5.41, 5.74) is 0. The summed E-state index contributed by atoms with van der Waals surface area (Å²) >= 11 is 0. The fourth-order valence-electron chi connectivity index (χ4n) is 10.7. The van der Waals surface area contributed by atoms with Crippen LogP contribution in [0.3, 0.4) is 0 Å². The standard InChI is InChI=1S/C74H140O17P2/c1-8-10-11-12-13-14-15-16-18-22-25-28-33-41-48-55-71(76)84-61-69(90-73(78)57-50-43-34-29-26-23-20-17-19-21-24-27-31-38-45-52-65(3)4)63-88-92(80,81)86-59-68(75)60-87-93(82,83)89-64-70(91-74(79)58-51-44-35-30-32-39-46-53-66(5)6)62-85-72(77)56-49-42-37-36-40-47-54-67(7)9-2/h14-16,18,65-70,75H,8-13,17,19-64H2,1-7H3,(H,80,81)(H,82,83)/b15-14-,18-16-/t67?,68-,69-,70-/m1/s1. The number of rotatable bonds is 70. The van der Waals surface area contributed by atoms with Crippen LogP contribution < -0.4 is 0 Å². The van der Waals surface area contributed by atoms with Crippen LogP contribution in [0.2, 0.25) is 0 Å². The van der Waals surface area contributed by atoms with Crippen LogP contribution in [0.15, 0.2) is 24.3 Å². The van der Waals surface area contributed by atoms with Gasteiger partial charge in [0.05, 0.1) is 26.4 Å². The second-order valence-corrected chi connectivity index (χ2v) is 30.1. The lowest BCUT2D eigenvalue weighted by Gasteiger charge is -2.21. The van der Waals surface area contributed by atoms with Crippen molar-refractivity contribution in [3.05, 3.63) is 24.3 Å². The number of carbonyl (C=O) groups is 4. The molecule has 0 radical (unpaired) electrons. The van der Waals surface area contributed by atoms with E-state index in [2.05, 4.69) is 72.8 Å². The molecule has 6 atom stereocenters. The molecular formula is C74H140O17P2. The third-order valence-corrected chi connectivity index (χ3v) is 18.8. The summed E-state index contributed by atoms with van der Waals surface area (Å²) in [6.45, 7) is 11.7. The topological polar surface area (TPSA) is 237 Å². The number of ether oxygens (including phenoxy) is 4. The van der Waals surface area contributed by atoms with Crippen LogP contribution in [0.1, 0.15) is 350 Å². The Labute approximate surface area is 567 Å². The highest BCUT2D eigenvalue weighted by Gasteiger charge is 2.30. The van der Waals surface area contributed by atoms with Gasteiger partial charge in [-0.05, 0) is 69.1 Å². The van der Waals surface area contributed by atoms with Crippen molar-refractivity contribution >= 4 is 39.5 Å². The van der Waals surface area contributed by atoms with Crippen LogP contribution in [0.5, 0.6) is 0 Å². The van der Waals surface area contributed by atoms with Gasteiger partial charge in [0.15, 0.2) is 12.2 Å². The first-order valence-electron chi connectivity index (χ1n) is 37.7. The zero-order valence-electron chi connectivity index (χ0n) is 60.2. The van der Waals surface area contributed by atoms with Crippen molar-refractivity contribution in [1.29, 1.82) is 0 Å². The Hall–Kier alpha value is -2.46. The van der Waals surface area contributed by atoms with Crippen LogP contribution in [-0.2, 0) is 65.4 Å². The predicted molar refractivity (Wildman–Crippen MR) is 377 cm³/mol. The van der Waals surface area contributed by atoms with E-state index in [1.165, 1.54) is 135 Å². The van der Waals surface area contributed by atoms with Gasteiger partial charge in [-0.25, -0.2) is 9.13 Å². The van der Waals surface area contributed by atoms with Gasteiger partial charge in [0.1, 0.15) is 19.3 Å². The number of phosphoric ester groups is 2. The second-order valence-electron chi connectivity index (χ2n) is 27.2. The molecule has 0 saturated heterocycles. The predicted octanol–water partition coefficient (Wildman–Crippen LogP) is 21.0. The number of hydrogen-bond donors (Lipinski definition) is 3. The maximum Gasteiger partial charge on any atom is 0.472 e. The molecule has 0 rings (SSSR count). The van der Waals surface area contributed by atoms with E-state index in [0.29, 0.717) is 31.6 Å². The van der Waals surface area contributed by atoms with Gasteiger partial charge in [-0.15, -0.1) is 0 Å². The molecule has 3 N–H and O–H groups in total. The first-order chi connectivity index (χ1) is 44.8. The Balaban J connectivity index is 5.27. The first-order valence-corrected chi connectivity index (χ1v) is 40.7. The second kappa shape index (κ2) is 64.2. The normalized spacial score (nSPS) is 14.6. The highest BCUT2D eigenvalue weighted by Crippen LogP contribution is 2.45. The van der Waals surface area contributed by atoms with Gasteiger partial charge < -0.3 is 33.8 Å². The number of hydrogen-bond acceptors (Lipinski definition) is 15. The summed E-state index contributed by atoms with van der Waals surface area (Å²) in [6.07, 6.45) is 52.3. The van der Waals surface area contributed by atoms with Crippen LogP contribution in [0, 0.1) is 17.8 Å². The Morgan fingerprint density at radius 3 is 0.957 bits per heavy atom. The Kier molecular flexibility index (Phi) is 62.5. The van der Waals surface area contributed by atoms with E-state index in [-0.39, 0.29) is 25.7 Å². The smallest absolute Gasteiger partial charge is 0.462 e. The minimum Gasteiger partial charge on any atom is -0.462 e.